The Kier molecular flexibility index (Phi) is 4.12. The molecule has 0 aromatic heterocycles. The topological polar surface area (TPSA) is 64.3 Å². The van der Waals surface area contributed by atoms with Gasteiger partial charge in [0, 0.05) is 11.6 Å². The molecule has 90 valence electrons. The van der Waals surface area contributed by atoms with Gasteiger partial charge in [0.05, 0.1) is 12.6 Å². The van der Waals surface area contributed by atoms with Crippen molar-refractivity contribution in [1.82, 2.24) is 4.90 Å². The highest BCUT2D eigenvalue weighted by molar-refractivity contribution is 5.69. The van der Waals surface area contributed by atoms with Gasteiger partial charge in [-0.1, -0.05) is 6.07 Å². The molecule has 0 heterocycles. The normalized spacial score (nSPS) is 12.2. The number of carboxylic acids is 1. The van der Waals surface area contributed by atoms with Crippen LogP contribution in [-0.2, 0) is 4.79 Å². The van der Waals surface area contributed by atoms with Crippen LogP contribution in [-0.4, -0.2) is 29.6 Å². The van der Waals surface area contributed by atoms with E-state index in [1.807, 2.05) is 0 Å². The molecule has 17 heavy (non-hydrogen) atoms. The maximum Gasteiger partial charge on any atom is 0.317 e. The number of aliphatic carboxylic acids is 1. The van der Waals surface area contributed by atoms with Crippen molar-refractivity contribution in [3.05, 3.63) is 35.4 Å². The van der Waals surface area contributed by atoms with Crippen LogP contribution in [0.3, 0.4) is 0 Å². The molecule has 1 unspecified atom stereocenters. The maximum absolute atomic E-state index is 13.4. The predicted molar refractivity (Wildman–Crippen MR) is 55.0 cm³/mol. The zero-order valence-corrected chi connectivity index (χ0v) is 9.02. The Balaban J connectivity index is 3.02. The molecule has 1 aromatic rings. The average molecular weight is 240 g/mol. The lowest BCUT2D eigenvalue weighted by molar-refractivity contribution is -0.138. The van der Waals surface area contributed by atoms with Crippen LogP contribution in [0.4, 0.5) is 8.78 Å². The van der Waals surface area contributed by atoms with Crippen molar-refractivity contribution in [2.24, 2.45) is 0 Å². The van der Waals surface area contributed by atoms with E-state index in [2.05, 4.69) is 0 Å². The lowest BCUT2D eigenvalue weighted by Crippen LogP contribution is -2.29. The summed E-state index contributed by atoms with van der Waals surface area (Å²) in [6, 6.07) is 3.54. The van der Waals surface area contributed by atoms with E-state index in [1.54, 1.807) is 6.07 Å². The minimum absolute atomic E-state index is 0.0438. The number of hydrogen-bond donors (Lipinski definition) is 1. The number of rotatable bonds is 4. The van der Waals surface area contributed by atoms with Gasteiger partial charge in [0.1, 0.15) is 17.7 Å². The molecule has 6 heteroatoms. The minimum atomic E-state index is -1.13. The fourth-order valence-corrected chi connectivity index (χ4v) is 1.43. The number of benzene rings is 1. The van der Waals surface area contributed by atoms with Crippen LogP contribution in [0.5, 0.6) is 0 Å². The second-order valence-electron chi connectivity index (χ2n) is 3.51. The van der Waals surface area contributed by atoms with Crippen molar-refractivity contribution in [2.45, 2.75) is 6.04 Å². The van der Waals surface area contributed by atoms with Gasteiger partial charge in [-0.05, 0) is 13.1 Å². The Morgan fingerprint density at radius 3 is 2.71 bits per heavy atom. The summed E-state index contributed by atoms with van der Waals surface area (Å²) in [5.74, 6) is -2.74. The van der Waals surface area contributed by atoms with E-state index < -0.39 is 30.2 Å². The summed E-state index contributed by atoms with van der Waals surface area (Å²) in [5, 5.41) is 17.5. The number of nitriles is 1. The summed E-state index contributed by atoms with van der Waals surface area (Å²) < 4.78 is 26.1. The highest BCUT2D eigenvalue weighted by Crippen LogP contribution is 2.22. The van der Waals surface area contributed by atoms with Crippen LogP contribution in [0.15, 0.2) is 18.2 Å². The Morgan fingerprint density at radius 2 is 2.24 bits per heavy atom. The van der Waals surface area contributed by atoms with E-state index in [9.17, 15) is 13.6 Å². The molecule has 0 aliphatic rings. The molecule has 4 nitrogen and oxygen atoms in total. The number of halogens is 2. The average Bonchev–Trinajstić information content (AvgIpc) is 2.21. The summed E-state index contributed by atoms with van der Waals surface area (Å²) in [5.41, 5.74) is -0.0438. The molecular formula is C11H10F2N2O2. The van der Waals surface area contributed by atoms with E-state index in [0.717, 1.165) is 12.1 Å². The van der Waals surface area contributed by atoms with E-state index in [0.29, 0.717) is 6.07 Å². The van der Waals surface area contributed by atoms with Crippen LogP contribution >= 0.6 is 0 Å². The molecule has 0 bridgehead atoms. The molecule has 0 spiro atoms. The lowest BCUT2D eigenvalue weighted by Gasteiger charge is -2.20. The van der Waals surface area contributed by atoms with E-state index in [1.165, 1.54) is 11.9 Å². The number of carbonyl (C=O) groups is 1. The first-order valence-corrected chi connectivity index (χ1v) is 4.72. The second kappa shape index (κ2) is 5.37. The lowest BCUT2D eigenvalue weighted by atomic mass is 10.1. The second-order valence-corrected chi connectivity index (χ2v) is 3.51. The van der Waals surface area contributed by atoms with Gasteiger partial charge < -0.3 is 5.11 Å². The van der Waals surface area contributed by atoms with Gasteiger partial charge in [-0.2, -0.15) is 5.26 Å². The van der Waals surface area contributed by atoms with Gasteiger partial charge in [-0.15, -0.1) is 0 Å². The number of likely N-dealkylation sites (N-methyl/N-ethyl adjacent to an activating group) is 1. The zero-order valence-electron chi connectivity index (χ0n) is 9.02. The SMILES string of the molecule is CN(CC(=O)O)C(C#N)c1ccc(F)cc1F. The van der Waals surface area contributed by atoms with E-state index >= 15 is 0 Å². The number of hydrogen-bond acceptors (Lipinski definition) is 3. The van der Waals surface area contributed by atoms with Crippen molar-refractivity contribution >= 4 is 5.97 Å². The Hall–Kier alpha value is -2.00. The first-order chi connectivity index (χ1) is 7.95. The van der Waals surface area contributed by atoms with E-state index in [4.69, 9.17) is 10.4 Å². The van der Waals surface area contributed by atoms with Gasteiger partial charge in [0.15, 0.2) is 0 Å². The monoisotopic (exact) mass is 240 g/mol. The molecule has 0 saturated carbocycles. The molecule has 1 aromatic carbocycles. The smallest absolute Gasteiger partial charge is 0.317 e. The fourth-order valence-electron chi connectivity index (χ4n) is 1.43. The predicted octanol–water partition coefficient (Wildman–Crippen LogP) is 1.55. The molecule has 1 N–H and O–H groups in total. The van der Waals surface area contributed by atoms with Crippen molar-refractivity contribution in [3.8, 4) is 6.07 Å². The third-order valence-electron chi connectivity index (χ3n) is 2.20. The Bertz CT molecular complexity index is 471. The quantitative estimate of drug-likeness (QED) is 0.867. The van der Waals surface area contributed by atoms with Crippen LogP contribution in [0.1, 0.15) is 11.6 Å². The molecule has 0 saturated heterocycles. The maximum atomic E-state index is 13.4. The molecule has 0 radical (unpaired) electrons. The van der Waals surface area contributed by atoms with Gasteiger partial charge in [0.2, 0.25) is 0 Å². The minimum Gasteiger partial charge on any atom is -0.480 e. The van der Waals surface area contributed by atoms with E-state index in [-0.39, 0.29) is 5.56 Å². The molecule has 0 aliphatic carbocycles. The largest absolute Gasteiger partial charge is 0.480 e. The Morgan fingerprint density at radius 1 is 1.59 bits per heavy atom. The molecule has 1 atom stereocenters. The fraction of sp³-hybridized carbons (Fsp3) is 0.273. The molecular weight excluding hydrogens is 230 g/mol. The Labute approximate surface area is 96.7 Å². The highest BCUT2D eigenvalue weighted by atomic mass is 19.1. The van der Waals surface area contributed by atoms with Crippen LogP contribution in [0.2, 0.25) is 0 Å². The summed E-state index contributed by atoms with van der Waals surface area (Å²) in [7, 11) is 1.38. The van der Waals surface area contributed by atoms with Gasteiger partial charge >= 0.3 is 5.97 Å². The summed E-state index contributed by atoms with van der Waals surface area (Å²) >= 11 is 0. The molecule has 0 fully saturated rings. The number of nitrogens with zero attached hydrogens (tertiary/aromatic N) is 2. The van der Waals surface area contributed by atoms with Crippen molar-refractivity contribution in [1.29, 1.82) is 5.26 Å². The third-order valence-corrected chi connectivity index (χ3v) is 2.20. The standard InChI is InChI=1S/C11H10F2N2O2/c1-15(6-11(16)17)10(5-14)8-3-2-7(12)4-9(8)13/h2-4,10H,6H2,1H3,(H,16,17). The van der Waals surface area contributed by atoms with Gasteiger partial charge in [0.25, 0.3) is 0 Å². The summed E-state index contributed by atoms with van der Waals surface area (Å²) in [6.45, 7) is -0.408. The summed E-state index contributed by atoms with van der Waals surface area (Å²) in [6.07, 6.45) is 0. The van der Waals surface area contributed by atoms with Gasteiger partial charge in [-0.25, -0.2) is 8.78 Å². The first kappa shape index (κ1) is 13.1. The van der Waals surface area contributed by atoms with Crippen LogP contribution < -0.4 is 0 Å². The zero-order chi connectivity index (χ0) is 13.0. The van der Waals surface area contributed by atoms with Crippen molar-refractivity contribution in [2.75, 3.05) is 13.6 Å². The molecule has 0 amide bonds. The van der Waals surface area contributed by atoms with Crippen molar-refractivity contribution in [3.63, 3.8) is 0 Å². The third kappa shape index (κ3) is 3.23. The first-order valence-electron chi connectivity index (χ1n) is 4.72. The van der Waals surface area contributed by atoms with Crippen LogP contribution in [0.25, 0.3) is 0 Å². The number of carboxylic acid groups (broad SMARTS) is 1. The van der Waals surface area contributed by atoms with Crippen molar-refractivity contribution < 1.29 is 18.7 Å². The molecule has 0 aliphatic heterocycles. The highest BCUT2D eigenvalue weighted by Gasteiger charge is 2.21. The molecule has 1 rings (SSSR count). The van der Waals surface area contributed by atoms with Crippen LogP contribution in [0, 0.1) is 23.0 Å². The summed E-state index contributed by atoms with van der Waals surface area (Å²) in [4.78, 5) is 11.7. The van der Waals surface area contributed by atoms with Gasteiger partial charge in [-0.3, -0.25) is 9.69 Å².